The molecule has 0 radical (unpaired) electrons. The highest BCUT2D eigenvalue weighted by atomic mass is 16.7. The Kier molecular flexibility index (Phi) is 7.83. The highest BCUT2D eigenvalue weighted by Gasteiger charge is 2.29. The number of nitrogens with zero attached hydrogens (tertiary/aromatic N) is 1. The molecule has 0 unspecified atom stereocenters. The van der Waals surface area contributed by atoms with Crippen LogP contribution in [0.1, 0.15) is 34.0 Å². The van der Waals surface area contributed by atoms with E-state index in [1.807, 2.05) is 49.5 Å². The summed E-state index contributed by atoms with van der Waals surface area (Å²) in [5.41, 5.74) is 5.79. The molecule has 3 aromatic carbocycles. The van der Waals surface area contributed by atoms with Crippen LogP contribution in [0, 0.1) is 0 Å². The van der Waals surface area contributed by atoms with Crippen molar-refractivity contribution >= 4 is 34.5 Å². The second kappa shape index (κ2) is 11.6. The molecule has 5 rings (SSSR count). The molecular formula is C30H31N3O5. The number of esters is 1. The van der Waals surface area contributed by atoms with Crippen LogP contribution in [0.4, 0.5) is 11.4 Å². The van der Waals surface area contributed by atoms with Gasteiger partial charge >= 0.3 is 5.97 Å². The van der Waals surface area contributed by atoms with Crippen LogP contribution in [0.15, 0.2) is 72.8 Å². The molecule has 2 aliphatic heterocycles. The fourth-order valence-corrected chi connectivity index (χ4v) is 4.63. The van der Waals surface area contributed by atoms with Crippen molar-refractivity contribution in [3.63, 3.8) is 0 Å². The largest absolute Gasteiger partial charge is 0.462 e. The van der Waals surface area contributed by atoms with Gasteiger partial charge in [0.05, 0.1) is 42.3 Å². The minimum atomic E-state index is -0.419. The van der Waals surface area contributed by atoms with Crippen molar-refractivity contribution in [2.75, 3.05) is 44.0 Å². The highest BCUT2D eigenvalue weighted by molar-refractivity contribution is 6.37. The maximum absolute atomic E-state index is 13.2. The Labute approximate surface area is 222 Å². The van der Waals surface area contributed by atoms with Gasteiger partial charge in [-0.2, -0.15) is 0 Å². The zero-order valence-electron chi connectivity index (χ0n) is 21.5. The van der Waals surface area contributed by atoms with Gasteiger partial charge in [-0.1, -0.05) is 48.5 Å². The number of nitrogens with one attached hydrogen (secondary N) is 2. The maximum atomic E-state index is 13.2. The lowest BCUT2D eigenvalue weighted by atomic mass is 9.99. The normalized spacial score (nSPS) is 16.3. The van der Waals surface area contributed by atoms with E-state index >= 15 is 0 Å². The first-order chi connectivity index (χ1) is 18.5. The summed E-state index contributed by atoms with van der Waals surface area (Å²) in [6, 6.07) is 23.0. The molecule has 3 aromatic rings. The molecule has 0 atom stereocenters. The van der Waals surface area contributed by atoms with Gasteiger partial charge in [0.1, 0.15) is 0 Å². The number of anilines is 2. The average Bonchev–Trinajstić information content (AvgIpc) is 3.55. The van der Waals surface area contributed by atoms with E-state index in [0.29, 0.717) is 42.3 Å². The SMILES string of the molecule is CCOC(=O)c1ccc2c(c1)NC(=O)/C2=C(\Nc1ccc(CN(C)CC2OCCO2)cc1)c1ccccc1. The van der Waals surface area contributed by atoms with Crippen molar-refractivity contribution in [3.8, 4) is 0 Å². The van der Waals surface area contributed by atoms with Crippen LogP contribution in [-0.2, 0) is 25.5 Å². The molecule has 0 spiro atoms. The third-order valence-electron chi connectivity index (χ3n) is 6.42. The van der Waals surface area contributed by atoms with Gasteiger partial charge in [0.15, 0.2) is 6.29 Å². The third-order valence-corrected chi connectivity index (χ3v) is 6.42. The van der Waals surface area contributed by atoms with E-state index in [1.165, 1.54) is 0 Å². The van der Waals surface area contributed by atoms with Crippen LogP contribution in [0.5, 0.6) is 0 Å². The number of hydrogen-bond acceptors (Lipinski definition) is 7. The van der Waals surface area contributed by atoms with Gasteiger partial charge in [-0.15, -0.1) is 0 Å². The third kappa shape index (κ3) is 5.78. The highest BCUT2D eigenvalue weighted by Crippen LogP contribution is 2.38. The van der Waals surface area contributed by atoms with Crippen LogP contribution in [0.25, 0.3) is 11.3 Å². The van der Waals surface area contributed by atoms with Crippen molar-refractivity contribution in [2.24, 2.45) is 0 Å². The summed E-state index contributed by atoms with van der Waals surface area (Å²) in [5.74, 6) is -0.653. The molecule has 2 heterocycles. The molecule has 2 aliphatic rings. The van der Waals surface area contributed by atoms with Gasteiger partial charge < -0.3 is 24.8 Å². The molecule has 0 bridgehead atoms. The van der Waals surface area contributed by atoms with Crippen LogP contribution in [0.2, 0.25) is 0 Å². The van der Waals surface area contributed by atoms with Crippen molar-refractivity contribution < 1.29 is 23.8 Å². The summed E-state index contributed by atoms with van der Waals surface area (Å²) in [7, 11) is 2.04. The second-order valence-electron chi connectivity index (χ2n) is 9.24. The molecule has 1 fully saturated rings. The number of hydrogen-bond donors (Lipinski definition) is 2. The number of carbonyl (C=O) groups excluding carboxylic acids is 2. The van der Waals surface area contributed by atoms with Gasteiger partial charge in [-0.05, 0) is 49.4 Å². The Bertz CT molecular complexity index is 1330. The van der Waals surface area contributed by atoms with E-state index in [9.17, 15) is 9.59 Å². The Morgan fingerprint density at radius 1 is 1.03 bits per heavy atom. The molecular weight excluding hydrogens is 482 g/mol. The molecule has 8 heteroatoms. The van der Waals surface area contributed by atoms with E-state index in [4.69, 9.17) is 14.2 Å². The number of rotatable bonds is 9. The first-order valence-electron chi connectivity index (χ1n) is 12.7. The molecule has 0 aromatic heterocycles. The van der Waals surface area contributed by atoms with Gasteiger partial charge in [-0.25, -0.2) is 4.79 Å². The molecule has 38 heavy (non-hydrogen) atoms. The molecule has 8 nitrogen and oxygen atoms in total. The fourth-order valence-electron chi connectivity index (χ4n) is 4.63. The summed E-state index contributed by atoms with van der Waals surface area (Å²) in [6.07, 6.45) is -0.171. The molecule has 0 saturated carbocycles. The van der Waals surface area contributed by atoms with E-state index in [2.05, 4.69) is 27.7 Å². The Hall–Kier alpha value is -3.98. The van der Waals surface area contributed by atoms with Crippen LogP contribution < -0.4 is 10.6 Å². The Morgan fingerprint density at radius 2 is 1.76 bits per heavy atom. The topological polar surface area (TPSA) is 89.1 Å². The van der Waals surface area contributed by atoms with Gasteiger partial charge in [0.25, 0.3) is 5.91 Å². The first-order valence-corrected chi connectivity index (χ1v) is 12.7. The van der Waals surface area contributed by atoms with Crippen molar-refractivity contribution in [3.05, 3.63) is 95.1 Å². The van der Waals surface area contributed by atoms with E-state index < -0.39 is 5.97 Å². The summed E-state index contributed by atoms with van der Waals surface area (Å²) in [4.78, 5) is 27.6. The molecule has 196 valence electrons. The van der Waals surface area contributed by atoms with Crippen molar-refractivity contribution in [1.29, 1.82) is 0 Å². The van der Waals surface area contributed by atoms with E-state index in [0.717, 1.165) is 28.9 Å². The van der Waals surface area contributed by atoms with Gasteiger partial charge in [0.2, 0.25) is 0 Å². The summed E-state index contributed by atoms with van der Waals surface area (Å²) < 4.78 is 16.2. The summed E-state index contributed by atoms with van der Waals surface area (Å²) in [5, 5.41) is 6.39. The number of carbonyl (C=O) groups is 2. The number of amides is 1. The minimum Gasteiger partial charge on any atom is -0.462 e. The number of fused-ring (bicyclic) bond motifs is 1. The molecule has 0 aliphatic carbocycles. The second-order valence-corrected chi connectivity index (χ2v) is 9.24. The lowest BCUT2D eigenvalue weighted by molar-refractivity contribution is -0.110. The minimum absolute atomic E-state index is 0.171. The van der Waals surface area contributed by atoms with Crippen LogP contribution in [-0.4, -0.2) is 56.5 Å². The first kappa shape index (κ1) is 25.7. The predicted molar refractivity (Wildman–Crippen MR) is 146 cm³/mol. The van der Waals surface area contributed by atoms with E-state index in [1.54, 1.807) is 25.1 Å². The fraction of sp³-hybridized carbons (Fsp3) is 0.267. The average molecular weight is 514 g/mol. The summed E-state index contributed by atoms with van der Waals surface area (Å²) in [6.45, 7) is 4.80. The zero-order chi connectivity index (χ0) is 26.5. The number of ether oxygens (including phenoxy) is 3. The van der Waals surface area contributed by atoms with Crippen molar-refractivity contribution in [1.82, 2.24) is 4.90 Å². The van der Waals surface area contributed by atoms with Crippen LogP contribution in [0.3, 0.4) is 0 Å². The van der Waals surface area contributed by atoms with Crippen LogP contribution >= 0.6 is 0 Å². The molecule has 2 N–H and O–H groups in total. The van der Waals surface area contributed by atoms with Gasteiger partial charge in [-0.3, -0.25) is 9.69 Å². The summed E-state index contributed by atoms with van der Waals surface area (Å²) >= 11 is 0. The number of likely N-dealkylation sites (N-methyl/N-ethyl adjacent to an activating group) is 1. The van der Waals surface area contributed by atoms with Crippen molar-refractivity contribution in [2.45, 2.75) is 19.8 Å². The van der Waals surface area contributed by atoms with Gasteiger partial charge in [0, 0.05) is 24.3 Å². The number of benzene rings is 3. The standard InChI is InChI=1S/C30H31N3O5/c1-3-36-30(35)22-11-14-24-25(17-22)32-29(34)27(24)28(21-7-5-4-6-8-21)31-23-12-9-20(10-13-23)18-33(2)19-26-37-15-16-38-26/h4-14,17,26,31H,3,15-16,18-19H2,1-2H3,(H,32,34)/b28-27-. The lowest BCUT2D eigenvalue weighted by Crippen LogP contribution is -2.29. The molecule has 1 saturated heterocycles. The zero-order valence-corrected chi connectivity index (χ0v) is 21.5. The van der Waals surface area contributed by atoms with E-state index in [-0.39, 0.29) is 18.8 Å². The Balaban J connectivity index is 1.41. The molecule has 1 amide bonds. The predicted octanol–water partition coefficient (Wildman–Crippen LogP) is 4.60. The quantitative estimate of drug-likeness (QED) is 0.319. The smallest absolute Gasteiger partial charge is 0.338 e. The monoisotopic (exact) mass is 513 g/mol. The lowest BCUT2D eigenvalue weighted by Gasteiger charge is -2.20. The maximum Gasteiger partial charge on any atom is 0.338 e. The Morgan fingerprint density at radius 3 is 2.47 bits per heavy atom.